The van der Waals surface area contributed by atoms with E-state index in [1.54, 1.807) is 26.1 Å². The summed E-state index contributed by atoms with van der Waals surface area (Å²) in [6.07, 6.45) is 0. The van der Waals surface area contributed by atoms with Crippen molar-refractivity contribution in [2.24, 2.45) is 5.92 Å². The van der Waals surface area contributed by atoms with Crippen LogP contribution in [0.2, 0.25) is 5.02 Å². The molecule has 2 aromatic rings. The zero-order chi connectivity index (χ0) is 24.3. The first-order valence-corrected chi connectivity index (χ1v) is 11.1. The van der Waals surface area contributed by atoms with Gasteiger partial charge in [0, 0.05) is 6.54 Å². The molecular formula is C24H28ClFN4O3. The second-order valence-electron chi connectivity index (χ2n) is 8.39. The number of rotatable bonds is 7. The van der Waals surface area contributed by atoms with E-state index in [9.17, 15) is 18.8 Å². The third-order valence-corrected chi connectivity index (χ3v) is 6.12. The number of nitrogens with one attached hydrogen (secondary N) is 3. The molecule has 33 heavy (non-hydrogen) atoms. The number of benzene rings is 2. The maximum atomic E-state index is 14.3. The van der Waals surface area contributed by atoms with E-state index in [0.717, 1.165) is 5.56 Å². The number of hydrogen-bond acceptors (Lipinski definition) is 4. The molecule has 0 fully saturated rings. The Balaban J connectivity index is 1.93. The van der Waals surface area contributed by atoms with Crippen LogP contribution in [0.3, 0.4) is 0 Å². The van der Waals surface area contributed by atoms with Crippen LogP contribution in [-0.2, 0) is 20.9 Å². The number of likely N-dealkylation sites (N-methyl/N-ethyl adjacent to an activating group) is 1. The standard InChI is InChI=1S/C24H28ClFN4O3/c1-13(2)19(28-22(31)14(3)27-4)24(33)30-12-15-8-5-6-9-16(15)21(30)23(32)29-20-17(25)10-7-11-18(20)26/h5-11,13-14,19,21,27H,12H2,1-4H3,(H,28,31)(H,29,32)/t14?,19?,21-/m0/s1. The summed E-state index contributed by atoms with van der Waals surface area (Å²) in [4.78, 5) is 40.9. The minimum Gasteiger partial charge on any atom is -0.343 e. The van der Waals surface area contributed by atoms with Gasteiger partial charge in [0.2, 0.25) is 11.8 Å². The van der Waals surface area contributed by atoms with Crippen molar-refractivity contribution in [3.63, 3.8) is 0 Å². The third kappa shape index (κ3) is 5.17. The molecule has 0 spiro atoms. The van der Waals surface area contributed by atoms with Crippen LogP contribution in [0.4, 0.5) is 10.1 Å². The molecule has 3 atom stereocenters. The Morgan fingerprint density at radius 2 is 1.79 bits per heavy atom. The Morgan fingerprint density at radius 3 is 2.42 bits per heavy atom. The third-order valence-electron chi connectivity index (χ3n) is 5.80. The molecule has 0 saturated carbocycles. The summed E-state index contributed by atoms with van der Waals surface area (Å²) in [6.45, 7) is 5.53. The van der Waals surface area contributed by atoms with Crippen LogP contribution in [0.25, 0.3) is 0 Å². The van der Waals surface area contributed by atoms with E-state index in [4.69, 9.17) is 11.6 Å². The van der Waals surface area contributed by atoms with Gasteiger partial charge >= 0.3 is 0 Å². The molecule has 176 valence electrons. The fourth-order valence-corrected chi connectivity index (χ4v) is 4.00. The summed E-state index contributed by atoms with van der Waals surface area (Å²) in [5.74, 6) is -2.19. The Bertz CT molecular complexity index is 1040. The fraction of sp³-hybridized carbons (Fsp3) is 0.375. The number of nitrogens with zero attached hydrogens (tertiary/aromatic N) is 1. The maximum absolute atomic E-state index is 14.3. The molecule has 9 heteroatoms. The maximum Gasteiger partial charge on any atom is 0.251 e. The van der Waals surface area contributed by atoms with E-state index in [2.05, 4.69) is 16.0 Å². The molecule has 3 rings (SSSR count). The first-order valence-electron chi connectivity index (χ1n) is 10.8. The number of anilines is 1. The molecule has 2 aromatic carbocycles. The van der Waals surface area contributed by atoms with E-state index in [1.807, 2.05) is 26.0 Å². The zero-order valence-corrected chi connectivity index (χ0v) is 19.7. The van der Waals surface area contributed by atoms with Crippen LogP contribution in [0.15, 0.2) is 42.5 Å². The summed E-state index contributed by atoms with van der Waals surface area (Å²) in [7, 11) is 1.65. The number of halogens is 2. The number of carbonyl (C=O) groups is 3. The highest BCUT2D eigenvalue weighted by Gasteiger charge is 2.42. The lowest BCUT2D eigenvalue weighted by Gasteiger charge is -2.31. The van der Waals surface area contributed by atoms with Crippen molar-refractivity contribution < 1.29 is 18.8 Å². The Hall–Kier alpha value is -2.97. The van der Waals surface area contributed by atoms with Gasteiger partial charge in [-0.2, -0.15) is 0 Å². The predicted molar refractivity (Wildman–Crippen MR) is 125 cm³/mol. The van der Waals surface area contributed by atoms with E-state index in [1.165, 1.54) is 23.1 Å². The van der Waals surface area contributed by atoms with Crippen molar-refractivity contribution in [1.29, 1.82) is 0 Å². The van der Waals surface area contributed by atoms with Gasteiger partial charge in [-0.05, 0) is 43.1 Å². The molecule has 0 bridgehead atoms. The zero-order valence-electron chi connectivity index (χ0n) is 19.0. The first kappa shape index (κ1) is 24.7. The van der Waals surface area contributed by atoms with Crippen LogP contribution in [0, 0.1) is 11.7 Å². The number of carbonyl (C=O) groups excluding carboxylic acids is 3. The van der Waals surface area contributed by atoms with E-state index < -0.39 is 35.8 Å². The molecule has 3 amide bonds. The molecule has 0 radical (unpaired) electrons. The summed E-state index contributed by atoms with van der Waals surface area (Å²) in [5.41, 5.74) is 1.31. The molecule has 1 aliphatic rings. The van der Waals surface area contributed by atoms with Gasteiger partial charge in [-0.3, -0.25) is 14.4 Å². The van der Waals surface area contributed by atoms with E-state index in [-0.39, 0.29) is 29.1 Å². The summed E-state index contributed by atoms with van der Waals surface area (Å²) in [6, 6.07) is 8.99. The van der Waals surface area contributed by atoms with Crippen molar-refractivity contribution in [2.75, 3.05) is 12.4 Å². The fourth-order valence-electron chi connectivity index (χ4n) is 3.79. The molecule has 0 aromatic heterocycles. The van der Waals surface area contributed by atoms with Gasteiger partial charge < -0.3 is 20.9 Å². The van der Waals surface area contributed by atoms with Crippen LogP contribution in [0.5, 0.6) is 0 Å². The lowest BCUT2D eigenvalue weighted by molar-refractivity contribution is -0.143. The van der Waals surface area contributed by atoms with Gasteiger partial charge in [-0.1, -0.05) is 55.8 Å². The second kappa shape index (κ2) is 10.3. The van der Waals surface area contributed by atoms with Gasteiger partial charge in [0.05, 0.1) is 16.8 Å². The van der Waals surface area contributed by atoms with E-state index >= 15 is 0 Å². The lowest BCUT2D eigenvalue weighted by Crippen LogP contribution is -2.55. The molecule has 0 saturated heterocycles. The van der Waals surface area contributed by atoms with Gasteiger partial charge in [0.1, 0.15) is 17.9 Å². The van der Waals surface area contributed by atoms with Crippen molar-refractivity contribution in [2.45, 2.75) is 45.4 Å². The SMILES string of the molecule is CNC(C)C(=O)NC(C(=O)N1Cc2ccccc2[C@H]1C(=O)Nc1c(F)cccc1Cl)C(C)C. The quantitative estimate of drug-likeness (QED) is 0.574. The topological polar surface area (TPSA) is 90.5 Å². The lowest BCUT2D eigenvalue weighted by atomic mass is 10.0. The smallest absolute Gasteiger partial charge is 0.251 e. The van der Waals surface area contributed by atoms with Gasteiger partial charge in [-0.15, -0.1) is 0 Å². The van der Waals surface area contributed by atoms with Gasteiger partial charge in [-0.25, -0.2) is 4.39 Å². The largest absolute Gasteiger partial charge is 0.343 e. The van der Waals surface area contributed by atoms with Gasteiger partial charge in [0.25, 0.3) is 5.91 Å². The Labute approximate surface area is 197 Å². The Kier molecular flexibility index (Phi) is 7.71. The summed E-state index contributed by atoms with van der Waals surface area (Å²) in [5, 5.41) is 8.24. The first-order chi connectivity index (χ1) is 15.6. The van der Waals surface area contributed by atoms with Crippen molar-refractivity contribution >= 4 is 35.0 Å². The van der Waals surface area contributed by atoms with E-state index in [0.29, 0.717) is 5.56 Å². The average Bonchev–Trinajstić information content (AvgIpc) is 3.18. The predicted octanol–water partition coefficient (Wildman–Crippen LogP) is 3.25. The van der Waals surface area contributed by atoms with Gasteiger partial charge in [0.15, 0.2) is 0 Å². The van der Waals surface area contributed by atoms with Crippen molar-refractivity contribution in [3.8, 4) is 0 Å². The number of hydrogen-bond donors (Lipinski definition) is 3. The molecular weight excluding hydrogens is 447 g/mol. The number of fused-ring (bicyclic) bond motifs is 1. The highest BCUT2D eigenvalue weighted by molar-refractivity contribution is 6.33. The minimum atomic E-state index is -0.996. The van der Waals surface area contributed by atoms with Crippen molar-refractivity contribution in [1.82, 2.24) is 15.5 Å². The average molecular weight is 475 g/mol. The van der Waals surface area contributed by atoms with Crippen LogP contribution in [0.1, 0.15) is 37.9 Å². The summed E-state index contributed by atoms with van der Waals surface area (Å²) >= 11 is 6.08. The Morgan fingerprint density at radius 1 is 1.09 bits per heavy atom. The minimum absolute atomic E-state index is 0.0564. The van der Waals surface area contributed by atoms with Crippen LogP contribution < -0.4 is 16.0 Å². The number of amides is 3. The molecule has 3 N–H and O–H groups in total. The normalized spacial score (nSPS) is 16.8. The van der Waals surface area contributed by atoms with Crippen LogP contribution >= 0.6 is 11.6 Å². The molecule has 1 aliphatic heterocycles. The summed E-state index contributed by atoms with van der Waals surface area (Å²) < 4.78 is 14.3. The second-order valence-corrected chi connectivity index (χ2v) is 8.80. The number of para-hydroxylation sites is 1. The molecule has 2 unspecified atom stereocenters. The highest BCUT2D eigenvalue weighted by atomic mass is 35.5. The molecule has 0 aliphatic carbocycles. The molecule has 1 heterocycles. The van der Waals surface area contributed by atoms with Crippen molar-refractivity contribution in [3.05, 3.63) is 64.4 Å². The monoisotopic (exact) mass is 474 g/mol. The molecule has 7 nitrogen and oxygen atoms in total. The van der Waals surface area contributed by atoms with Crippen LogP contribution in [-0.4, -0.2) is 41.8 Å². The highest BCUT2D eigenvalue weighted by Crippen LogP contribution is 2.36.